The van der Waals surface area contributed by atoms with E-state index in [-0.39, 0.29) is 23.5 Å². The van der Waals surface area contributed by atoms with Gasteiger partial charge in [0.05, 0.1) is 24.5 Å². The predicted octanol–water partition coefficient (Wildman–Crippen LogP) is 6.98. The molecule has 0 fully saturated rings. The molecule has 0 aliphatic carbocycles. The van der Waals surface area contributed by atoms with Crippen molar-refractivity contribution in [3.05, 3.63) is 71.0 Å². The Labute approximate surface area is 231 Å². The number of Topliss-reactive ketones (excluding diaryl/α,β-unsaturated/α-hetero) is 1. The highest BCUT2D eigenvalue weighted by molar-refractivity contribution is 6.10. The van der Waals surface area contributed by atoms with Gasteiger partial charge in [0.25, 0.3) is 0 Å². The van der Waals surface area contributed by atoms with Gasteiger partial charge in [-0.05, 0) is 104 Å². The molecule has 0 aromatic heterocycles. The smallest absolute Gasteiger partial charge is 0.316 e. The standard InChI is InChI=1S/C32H40O7/c1-10-12-13-22-18-23(25(37-11-2)20-26(22)39-30(35)32(6,7)8)19-27(36-9)28(33)21-14-16-24(17-15-21)38-29(34)31(3,4)5/h10,12,14-20H,11,13H2,1-9H3. The Morgan fingerprint density at radius 1 is 0.846 bits per heavy atom. The number of esters is 2. The molecule has 7 heteroatoms. The average molecular weight is 537 g/mol. The summed E-state index contributed by atoms with van der Waals surface area (Å²) in [7, 11) is 1.42. The van der Waals surface area contributed by atoms with Gasteiger partial charge >= 0.3 is 11.9 Å². The molecule has 0 radical (unpaired) electrons. The number of hydrogen-bond donors (Lipinski definition) is 0. The maximum atomic E-state index is 13.3. The number of carbonyl (C=O) groups is 3. The summed E-state index contributed by atoms with van der Waals surface area (Å²) in [5.74, 6) is 0.206. The second kappa shape index (κ2) is 13.3. The molecule has 210 valence electrons. The molecule has 7 nitrogen and oxygen atoms in total. The molecule has 2 aromatic carbocycles. The van der Waals surface area contributed by atoms with Crippen LogP contribution in [0.2, 0.25) is 0 Å². The van der Waals surface area contributed by atoms with E-state index >= 15 is 0 Å². The molecule has 2 aromatic rings. The van der Waals surface area contributed by atoms with Crippen LogP contribution in [0.3, 0.4) is 0 Å². The van der Waals surface area contributed by atoms with Crippen LogP contribution in [-0.2, 0) is 20.7 Å². The summed E-state index contributed by atoms with van der Waals surface area (Å²) >= 11 is 0. The summed E-state index contributed by atoms with van der Waals surface area (Å²) < 4.78 is 22.5. The zero-order valence-electron chi connectivity index (χ0n) is 24.5. The van der Waals surface area contributed by atoms with E-state index in [9.17, 15) is 14.4 Å². The molecule has 0 saturated heterocycles. The van der Waals surface area contributed by atoms with E-state index in [1.165, 1.54) is 7.11 Å². The van der Waals surface area contributed by atoms with Crippen LogP contribution in [0.15, 0.2) is 54.3 Å². The van der Waals surface area contributed by atoms with Gasteiger partial charge in [0.1, 0.15) is 17.2 Å². The second-order valence-electron chi connectivity index (χ2n) is 11.0. The van der Waals surface area contributed by atoms with Crippen LogP contribution in [-0.4, -0.2) is 31.4 Å². The Kier molecular flexibility index (Phi) is 10.7. The lowest BCUT2D eigenvalue weighted by Gasteiger charge is -2.20. The highest BCUT2D eigenvalue weighted by Crippen LogP contribution is 2.34. The zero-order chi connectivity index (χ0) is 29.4. The number of ketones is 1. The van der Waals surface area contributed by atoms with Gasteiger partial charge in [-0.3, -0.25) is 14.4 Å². The molecule has 0 spiro atoms. The summed E-state index contributed by atoms with van der Waals surface area (Å²) in [5, 5.41) is 0. The lowest BCUT2D eigenvalue weighted by atomic mass is 9.97. The van der Waals surface area contributed by atoms with Gasteiger partial charge in [-0.1, -0.05) is 12.2 Å². The lowest BCUT2D eigenvalue weighted by Crippen LogP contribution is -2.26. The second-order valence-corrected chi connectivity index (χ2v) is 11.0. The van der Waals surface area contributed by atoms with Crippen LogP contribution in [0, 0.1) is 10.8 Å². The van der Waals surface area contributed by atoms with Crippen molar-refractivity contribution in [1.29, 1.82) is 0 Å². The molecule has 0 aliphatic heterocycles. The fourth-order valence-electron chi connectivity index (χ4n) is 3.21. The normalized spacial score (nSPS) is 12.3. The number of methoxy groups -OCH3 is 1. The Morgan fingerprint density at radius 2 is 1.44 bits per heavy atom. The molecular formula is C32H40O7. The van der Waals surface area contributed by atoms with Gasteiger partial charge in [0.2, 0.25) is 5.78 Å². The first-order valence-electron chi connectivity index (χ1n) is 13.0. The van der Waals surface area contributed by atoms with Gasteiger partial charge in [0.15, 0.2) is 5.76 Å². The molecule has 0 heterocycles. The maximum Gasteiger partial charge on any atom is 0.316 e. The molecule has 0 aliphatic rings. The molecule has 0 unspecified atom stereocenters. The zero-order valence-corrected chi connectivity index (χ0v) is 24.5. The highest BCUT2D eigenvalue weighted by Gasteiger charge is 2.26. The average Bonchev–Trinajstić information content (AvgIpc) is 2.86. The third kappa shape index (κ3) is 8.84. The fraction of sp³-hybridized carbons (Fsp3) is 0.406. The molecule has 39 heavy (non-hydrogen) atoms. The monoisotopic (exact) mass is 536 g/mol. The van der Waals surface area contributed by atoms with Crippen molar-refractivity contribution >= 4 is 23.8 Å². The van der Waals surface area contributed by atoms with Gasteiger partial charge in [0, 0.05) is 17.2 Å². The van der Waals surface area contributed by atoms with Crippen molar-refractivity contribution in [3.63, 3.8) is 0 Å². The number of allylic oxidation sites excluding steroid dienone is 3. The van der Waals surface area contributed by atoms with E-state index in [0.717, 1.165) is 5.56 Å². The van der Waals surface area contributed by atoms with Crippen molar-refractivity contribution < 1.29 is 33.3 Å². The minimum Gasteiger partial charge on any atom is -0.493 e. The van der Waals surface area contributed by atoms with Crippen LogP contribution in [0.4, 0.5) is 0 Å². The van der Waals surface area contributed by atoms with Crippen molar-refractivity contribution in [2.75, 3.05) is 13.7 Å². The topological polar surface area (TPSA) is 88.1 Å². The first-order chi connectivity index (χ1) is 18.2. The Balaban J connectivity index is 2.48. The number of carbonyl (C=O) groups excluding carboxylic acids is 3. The Morgan fingerprint density at radius 3 is 1.95 bits per heavy atom. The van der Waals surface area contributed by atoms with E-state index < -0.39 is 10.8 Å². The fourth-order valence-corrected chi connectivity index (χ4v) is 3.21. The summed E-state index contributed by atoms with van der Waals surface area (Å²) in [6.07, 6.45) is 5.98. The molecular weight excluding hydrogens is 496 g/mol. The molecule has 2 rings (SSSR count). The van der Waals surface area contributed by atoms with Crippen molar-refractivity contribution in [3.8, 4) is 17.2 Å². The largest absolute Gasteiger partial charge is 0.493 e. The third-order valence-electron chi connectivity index (χ3n) is 5.55. The number of ether oxygens (including phenoxy) is 4. The molecule has 0 atom stereocenters. The van der Waals surface area contributed by atoms with Crippen LogP contribution >= 0.6 is 0 Å². The summed E-state index contributed by atoms with van der Waals surface area (Å²) in [6.45, 7) is 14.8. The van der Waals surface area contributed by atoms with Crippen LogP contribution < -0.4 is 14.2 Å². The van der Waals surface area contributed by atoms with Crippen molar-refractivity contribution in [1.82, 2.24) is 0 Å². The Hall–Kier alpha value is -3.87. The highest BCUT2D eigenvalue weighted by atomic mass is 16.5. The summed E-state index contributed by atoms with van der Waals surface area (Å²) in [6, 6.07) is 9.81. The molecule has 0 amide bonds. The SMILES string of the molecule is CC=CCc1cc(C=C(OC)C(=O)c2ccc(OC(=O)C(C)(C)C)cc2)c(OCC)cc1OC(=O)C(C)(C)C. The first-order valence-corrected chi connectivity index (χ1v) is 13.0. The Bertz CT molecular complexity index is 1240. The number of rotatable bonds is 10. The predicted molar refractivity (Wildman–Crippen MR) is 152 cm³/mol. The van der Waals surface area contributed by atoms with E-state index in [4.69, 9.17) is 18.9 Å². The van der Waals surface area contributed by atoms with Crippen LogP contribution in [0.5, 0.6) is 17.2 Å². The third-order valence-corrected chi connectivity index (χ3v) is 5.55. The van der Waals surface area contributed by atoms with Crippen LogP contribution in [0.1, 0.15) is 76.9 Å². The van der Waals surface area contributed by atoms with Gasteiger partial charge in [-0.15, -0.1) is 0 Å². The molecule has 0 bridgehead atoms. The van der Waals surface area contributed by atoms with Crippen molar-refractivity contribution in [2.45, 2.75) is 61.8 Å². The lowest BCUT2D eigenvalue weighted by molar-refractivity contribution is -0.143. The van der Waals surface area contributed by atoms with E-state index in [1.807, 2.05) is 32.1 Å². The molecule has 0 N–H and O–H groups in total. The molecule has 0 saturated carbocycles. The van der Waals surface area contributed by atoms with Crippen molar-refractivity contribution in [2.24, 2.45) is 10.8 Å². The number of benzene rings is 2. The minimum atomic E-state index is -0.682. The summed E-state index contributed by atoms with van der Waals surface area (Å²) in [5.41, 5.74) is 0.395. The maximum absolute atomic E-state index is 13.3. The van der Waals surface area contributed by atoms with E-state index in [0.29, 0.717) is 41.4 Å². The first kappa shape index (κ1) is 31.3. The minimum absolute atomic E-state index is 0.0896. The van der Waals surface area contributed by atoms with Gasteiger partial charge in [-0.2, -0.15) is 0 Å². The number of hydrogen-bond acceptors (Lipinski definition) is 7. The van der Waals surface area contributed by atoms with E-state index in [1.54, 1.807) is 78.0 Å². The quantitative estimate of drug-likeness (QED) is 0.0808. The van der Waals surface area contributed by atoms with Crippen LogP contribution in [0.25, 0.3) is 6.08 Å². The van der Waals surface area contributed by atoms with Gasteiger partial charge in [-0.25, -0.2) is 0 Å². The summed E-state index contributed by atoms with van der Waals surface area (Å²) in [4.78, 5) is 38.1. The van der Waals surface area contributed by atoms with E-state index in [2.05, 4.69) is 0 Å². The van der Waals surface area contributed by atoms with Gasteiger partial charge < -0.3 is 18.9 Å².